The van der Waals surface area contributed by atoms with Crippen molar-refractivity contribution in [1.29, 1.82) is 0 Å². The summed E-state index contributed by atoms with van der Waals surface area (Å²) in [4.78, 5) is 15.3. The zero-order valence-corrected chi connectivity index (χ0v) is 28.7. The standard InChI is InChI=1S/C48H31N3O/c1-48(2)39-18-10-9-16-32(39)38-26-36-34-24-25-35(44-43(34)42-33(37(36)27-40(38)48)17-11-19-41(42)52-44)47-50-45(30-14-7-4-8-15-30)49-46(51-47)31-22-20-29(21-23-31)28-12-5-3-6-13-28/h3-27H,1-2H3. The molecule has 11 rings (SSSR count). The van der Waals surface area contributed by atoms with Crippen LogP contribution in [0, 0.1) is 0 Å². The van der Waals surface area contributed by atoms with Gasteiger partial charge in [0.1, 0.15) is 11.2 Å². The Bertz CT molecular complexity index is 3020. The van der Waals surface area contributed by atoms with Gasteiger partial charge in [-0.15, -0.1) is 0 Å². The Kier molecular flexibility index (Phi) is 5.98. The van der Waals surface area contributed by atoms with Gasteiger partial charge in [0.15, 0.2) is 17.5 Å². The van der Waals surface area contributed by atoms with Gasteiger partial charge in [-0.1, -0.05) is 141 Å². The highest BCUT2D eigenvalue weighted by atomic mass is 16.3. The Morgan fingerprint density at radius 3 is 1.77 bits per heavy atom. The molecule has 244 valence electrons. The van der Waals surface area contributed by atoms with E-state index in [0.717, 1.165) is 44.2 Å². The van der Waals surface area contributed by atoms with E-state index < -0.39 is 0 Å². The maximum Gasteiger partial charge on any atom is 0.167 e. The maximum absolute atomic E-state index is 6.82. The Labute approximate surface area is 300 Å². The molecule has 0 saturated heterocycles. The molecule has 1 aliphatic rings. The van der Waals surface area contributed by atoms with E-state index >= 15 is 0 Å². The molecule has 0 saturated carbocycles. The number of hydrogen-bond acceptors (Lipinski definition) is 4. The van der Waals surface area contributed by atoms with E-state index in [1.807, 2.05) is 36.4 Å². The maximum atomic E-state index is 6.82. The summed E-state index contributed by atoms with van der Waals surface area (Å²) in [6.07, 6.45) is 0. The fourth-order valence-corrected chi connectivity index (χ4v) is 8.52. The molecule has 4 heteroatoms. The molecule has 0 bridgehead atoms. The van der Waals surface area contributed by atoms with Crippen molar-refractivity contribution in [1.82, 2.24) is 15.0 Å². The Balaban J connectivity index is 1.15. The third-order valence-electron chi connectivity index (χ3n) is 11.1. The molecule has 2 aromatic heterocycles. The zero-order chi connectivity index (χ0) is 34.6. The molecule has 10 aromatic rings. The minimum absolute atomic E-state index is 0.0839. The first kappa shape index (κ1) is 29.1. The molecular weight excluding hydrogens is 635 g/mol. The molecule has 4 nitrogen and oxygen atoms in total. The lowest BCUT2D eigenvalue weighted by Gasteiger charge is -2.22. The van der Waals surface area contributed by atoms with Gasteiger partial charge in [-0.05, 0) is 79.2 Å². The lowest BCUT2D eigenvalue weighted by molar-refractivity contribution is 0.661. The van der Waals surface area contributed by atoms with E-state index in [2.05, 4.69) is 129 Å². The number of furan rings is 1. The topological polar surface area (TPSA) is 51.8 Å². The predicted octanol–water partition coefficient (Wildman–Crippen LogP) is 12.5. The highest BCUT2D eigenvalue weighted by Gasteiger charge is 2.36. The number of nitrogens with zero attached hydrogens (tertiary/aromatic N) is 3. The second-order valence-corrected chi connectivity index (χ2v) is 14.4. The van der Waals surface area contributed by atoms with Crippen molar-refractivity contribution in [2.24, 2.45) is 0 Å². The third kappa shape index (κ3) is 4.12. The molecule has 8 aromatic carbocycles. The lowest BCUT2D eigenvalue weighted by Crippen LogP contribution is -2.14. The SMILES string of the molecule is CC1(C)c2ccccc2-c2cc3c(cc21)c1cccc2oc4c(-c5nc(-c6ccccc6)nc(-c6ccc(-c7ccccc7)cc6)n5)ccc3c4c21. The molecule has 0 aliphatic heterocycles. The zero-order valence-electron chi connectivity index (χ0n) is 28.7. The van der Waals surface area contributed by atoms with Crippen LogP contribution in [0.1, 0.15) is 25.0 Å². The number of benzene rings is 8. The van der Waals surface area contributed by atoms with E-state index in [1.165, 1.54) is 49.4 Å². The molecule has 52 heavy (non-hydrogen) atoms. The molecule has 0 unspecified atom stereocenters. The Morgan fingerprint density at radius 1 is 0.404 bits per heavy atom. The predicted molar refractivity (Wildman–Crippen MR) is 213 cm³/mol. The van der Waals surface area contributed by atoms with Crippen LogP contribution in [0.2, 0.25) is 0 Å². The van der Waals surface area contributed by atoms with E-state index in [-0.39, 0.29) is 5.41 Å². The smallest absolute Gasteiger partial charge is 0.167 e. The van der Waals surface area contributed by atoms with Crippen LogP contribution in [0.25, 0.3) is 99.9 Å². The Hall–Kier alpha value is -6.65. The summed E-state index contributed by atoms with van der Waals surface area (Å²) >= 11 is 0. The number of hydrogen-bond donors (Lipinski definition) is 0. The van der Waals surface area contributed by atoms with Crippen LogP contribution in [0.15, 0.2) is 156 Å². The summed E-state index contributed by atoms with van der Waals surface area (Å²) < 4.78 is 6.82. The summed E-state index contributed by atoms with van der Waals surface area (Å²) in [6, 6.07) is 53.4. The molecule has 0 atom stereocenters. The van der Waals surface area contributed by atoms with Gasteiger partial charge in [-0.2, -0.15) is 0 Å². The van der Waals surface area contributed by atoms with Gasteiger partial charge in [-0.3, -0.25) is 0 Å². The second-order valence-electron chi connectivity index (χ2n) is 14.4. The third-order valence-corrected chi connectivity index (χ3v) is 11.1. The van der Waals surface area contributed by atoms with Crippen molar-refractivity contribution >= 4 is 43.5 Å². The first-order chi connectivity index (χ1) is 25.5. The highest BCUT2D eigenvalue weighted by molar-refractivity contribution is 6.34. The highest BCUT2D eigenvalue weighted by Crippen LogP contribution is 2.52. The normalized spacial score (nSPS) is 13.3. The van der Waals surface area contributed by atoms with Gasteiger partial charge < -0.3 is 4.42 Å². The summed E-state index contributed by atoms with van der Waals surface area (Å²) in [6.45, 7) is 4.68. The summed E-state index contributed by atoms with van der Waals surface area (Å²) in [5.74, 6) is 1.82. The van der Waals surface area contributed by atoms with Gasteiger partial charge in [0.2, 0.25) is 0 Å². The first-order valence-electron chi connectivity index (χ1n) is 17.8. The molecule has 2 heterocycles. The summed E-state index contributed by atoms with van der Waals surface area (Å²) in [5, 5.41) is 7.10. The van der Waals surface area contributed by atoms with Crippen molar-refractivity contribution in [3.8, 4) is 56.4 Å². The summed E-state index contributed by atoms with van der Waals surface area (Å²) in [5.41, 5.74) is 12.0. The molecule has 0 N–H and O–H groups in total. The molecule has 0 fully saturated rings. The van der Waals surface area contributed by atoms with Crippen molar-refractivity contribution < 1.29 is 4.42 Å². The monoisotopic (exact) mass is 665 g/mol. The average molecular weight is 666 g/mol. The minimum atomic E-state index is -0.0839. The van der Waals surface area contributed by atoms with Crippen LogP contribution < -0.4 is 0 Å². The van der Waals surface area contributed by atoms with Crippen molar-refractivity contribution in [3.63, 3.8) is 0 Å². The van der Waals surface area contributed by atoms with Gasteiger partial charge in [0, 0.05) is 27.3 Å². The molecule has 1 aliphatic carbocycles. The molecular formula is C48H31N3O. The van der Waals surface area contributed by atoms with Gasteiger partial charge in [0.25, 0.3) is 0 Å². The largest absolute Gasteiger partial charge is 0.455 e. The molecule has 0 amide bonds. The van der Waals surface area contributed by atoms with Crippen molar-refractivity contribution in [2.45, 2.75) is 19.3 Å². The minimum Gasteiger partial charge on any atom is -0.455 e. The molecule has 0 spiro atoms. The average Bonchev–Trinajstić information content (AvgIpc) is 3.70. The quantitative estimate of drug-likeness (QED) is 0.176. The van der Waals surface area contributed by atoms with Crippen LogP contribution >= 0.6 is 0 Å². The van der Waals surface area contributed by atoms with Crippen LogP contribution in [0.3, 0.4) is 0 Å². The number of fused-ring (bicyclic) bond motifs is 6. The van der Waals surface area contributed by atoms with Crippen LogP contribution in [-0.4, -0.2) is 15.0 Å². The first-order valence-corrected chi connectivity index (χ1v) is 17.8. The summed E-state index contributed by atoms with van der Waals surface area (Å²) in [7, 11) is 0. The fraction of sp³-hybridized carbons (Fsp3) is 0.0625. The molecule has 0 radical (unpaired) electrons. The lowest BCUT2D eigenvalue weighted by atomic mass is 9.81. The number of aromatic nitrogens is 3. The van der Waals surface area contributed by atoms with Gasteiger partial charge in [0.05, 0.1) is 5.56 Å². The Morgan fingerprint density at radius 2 is 1.00 bits per heavy atom. The van der Waals surface area contributed by atoms with Crippen LogP contribution in [-0.2, 0) is 5.41 Å². The van der Waals surface area contributed by atoms with Crippen molar-refractivity contribution in [2.75, 3.05) is 0 Å². The van der Waals surface area contributed by atoms with Gasteiger partial charge in [-0.25, -0.2) is 15.0 Å². The van der Waals surface area contributed by atoms with Crippen LogP contribution in [0.5, 0.6) is 0 Å². The van der Waals surface area contributed by atoms with E-state index in [1.54, 1.807) is 0 Å². The second kappa shape index (κ2) is 10.7. The fourth-order valence-electron chi connectivity index (χ4n) is 8.52. The van der Waals surface area contributed by atoms with E-state index in [9.17, 15) is 0 Å². The van der Waals surface area contributed by atoms with Gasteiger partial charge >= 0.3 is 0 Å². The number of rotatable bonds is 4. The van der Waals surface area contributed by atoms with E-state index in [4.69, 9.17) is 19.4 Å². The van der Waals surface area contributed by atoms with Crippen molar-refractivity contribution in [3.05, 3.63) is 163 Å². The van der Waals surface area contributed by atoms with Crippen LogP contribution in [0.4, 0.5) is 0 Å². The van der Waals surface area contributed by atoms with E-state index in [0.29, 0.717) is 17.5 Å².